The second-order valence-corrected chi connectivity index (χ2v) is 2.96. The fourth-order valence-corrected chi connectivity index (χ4v) is 1.04. The van der Waals surface area contributed by atoms with Gasteiger partial charge in [0.2, 0.25) is 0 Å². The average molecular weight is 238 g/mol. The van der Waals surface area contributed by atoms with E-state index in [1.54, 1.807) is 0 Å². The topological polar surface area (TPSA) is 64.1 Å². The van der Waals surface area contributed by atoms with Crippen LogP contribution in [-0.2, 0) is 11.3 Å². The number of nitrogens with zero attached hydrogens (tertiary/aromatic N) is 1. The Kier molecular flexibility index (Phi) is 3.75. The number of ether oxygens (including phenoxy) is 1. The number of aromatic nitrogens is 2. The van der Waals surface area contributed by atoms with Crippen molar-refractivity contribution in [3.05, 3.63) is 22.1 Å². The molecule has 8 heteroatoms. The van der Waals surface area contributed by atoms with Gasteiger partial charge >= 0.3 is 5.97 Å². The number of carbonyl (C=O) groups excluding carboxylic acids is 1. The van der Waals surface area contributed by atoms with Crippen molar-refractivity contribution in [3.63, 3.8) is 0 Å². The number of halogens is 3. The van der Waals surface area contributed by atoms with Crippen LogP contribution < -0.4 is 5.56 Å². The molecule has 0 bridgehead atoms. The number of carbonyl (C=O) groups is 1. The molecule has 0 aliphatic carbocycles. The first kappa shape index (κ1) is 12.3. The first-order chi connectivity index (χ1) is 7.45. The van der Waals surface area contributed by atoms with Crippen molar-refractivity contribution in [2.75, 3.05) is 7.11 Å². The van der Waals surface area contributed by atoms with Gasteiger partial charge in [0, 0.05) is 6.07 Å². The Hall–Kier alpha value is -1.73. The Morgan fingerprint density at radius 3 is 2.69 bits per heavy atom. The Morgan fingerprint density at radius 2 is 2.19 bits per heavy atom. The summed E-state index contributed by atoms with van der Waals surface area (Å²) in [5.74, 6) is -0.830. The Morgan fingerprint density at radius 1 is 1.56 bits per heavy atom. The van der Waals surface area contributed by atoms with Gasteiger partial charge in [-0.25, -0.2) is 22.6 Å². The minimum Gasteiger partial charge on any atom is -0.464 e. The van der Waals surface area contributed by atoms with E-state index >= 15 is 0 Å². The lowest BCUT2D eigenvalue weighted by Gasteiger charge is -2.06. The second kappa shape index (κ2) is 4.86. The van der Waals surface area contributed by atoms with E-state index in [2.05, 4.69) is 9.84 Å². The number of methoxy groups -OCH3 is 1. The molecular formula is C8H9F3N2O3. The van der Waals surface area contributed by atoms with Crippen LogP contribution in [0.1, 0.15) is 10.5 Å². The second-order valence-electron chi connectivity index (χ2n) is 2.96. The van der Waals surface area contributed by atoms with Crippen LogP contribution in [0.25, 0.3) is 0 Å². The van der Waals surface area contributed by atoms with Crippen molar-refractivity contribution < 1.29 is 22.7 Å². The SMILES string of the molecule is COC(=O)c1cc(=O)n(CC(F)C(F)F)[nH]1. The zero-order chi connectivity index (χ0) is 12.3. The lowest BCUT2D eigenvalue weighted by Crippen LogP contribution is -2.26. The first-order valence-electron chi connectivity index (χ1n) is 4.26. The Balaban J connectivity index is 2.86. The van der Waals surface area contributed by atoms with E-state index in [-0.39, 0.29) is 5.69 Å². The molecule has 1 aromatic rings. The predicted molar refractivity (Wildman–Crippen MR) is 47.3 cm³/mol. The highest BCUT2D eigenvalue weighted by atomic mass is 19.3. The molecule has 1 rings (SSSR count). The molecule has 0 aliphatic rings. The minimum atomic E-state index is -3.18. The monoisotopic (exact) mass is 238 g/mol. The van der Waals surface area contributed by atoms with Crippen LogP contribution in [0, 0.1) is 0 Å². The van der Waals surface area contributed by atoms with Gasteiger partial charge < -0.3 is 4.74 Å². The molecule has 0 spiro atoms. The molecule has 0 amide bonds. The molecule has 0 fully saturated rings. The van der Waals surface area contributed by atoms with Gasteiger partial charge in [-0.2, -0.15) is 0 Å². The molecule has 1 atom stereocenters. The third-order valence-electron chi connectivity index (χ3n) is 1.82. The largest absolute Gasteiger partial charge is 0.464 e. The van der Waals surface area contributed by atoms with Gasteiger partial charge in [0.05, 0.1) is 13.7 Å². The lowest BCUT2D eigenvalue weighted by atomic mass is 10.4. The van der Waals surface area contributed by atoms with Gasteiger partial charge in [-0.3, -0.25) is 9.89 Å². The summed E-state index contributed by atoms with van der Waals surface area (Å²) in [6.07, 6.45) is -5.65. The van der Waals surface area contributed by atoms with Crippen molar-refractivity contribution in [1.82, 2.24) is 9.78 Å². The summed E-state index contributed by atoms with van der Waals surface area (Å²) in [4.78, 5) is 22.1. The third kappa shape index (κ3) is 2.65. The number of nitrogens with one attached hydrogen (secondary N) is 1. The summed E-state index contributed by atoms with van der Waals surface area (Å²) >= 11 is 0. The van der Waals surface area contributed by atoms with Crippen LogP contribution >= 0.6 is 0 Å². The number of hydrogen-bond donors (Lipinski definition) is 1. The van der Waals surface area contributed by atoms with Gasteiger partial charge in [-0.05, 0) is 0 Å². The van der Waals surface area contributed by atoms with Gasteiger partial charge in [-0.1, -0.05) is 0 Å². The highest BCUT2D eigenvalue weighted by Gasteiger charge is 2.21. The summed E-state index contributed by atoms with van der Waals surface area (Å²) in [6, 6.07) is 0.851. The van der Waals surface area contributed by atoms with Crippen LogP contribution in [0.2, 0.25) is 0 Å². The van der Waals surface area contributed by atoms with Crippen LogP contribution in [0.15, 0.2) is 10.9 Å². The molecule has 0 saturated carbocycles. The summed E-state index contributed by atoms with van der Waals surface area (Å²) in [5.41, 5.74) is -0.988. The molecule has 1 aromatic heterocycles. The van der Waals surface area contributed by atoms with Crippen LogP contribution in [-0.4, -0.2) is 35.5 Å². The summed E-state index contributed by atoms with van der Waals surface area (Å²) < 4.78 is 41.3. The van der Waals surface area contributed by atoms with E-state index in [9.17, 15) is 22.8 Å². The number of alkyl halides is 3. The summed E-state index contributed by atoms with van der Waals surface area (Å²) in [6.45, 7) is -0.840. The van der Waals surface area contributed by atoms with E-state index in [0.717, 1.165) is 13.2 Å². The van der Waals surface area contributed by atoms with Gasteiger partial charge in [0.25, 0.3) is 12.0 Å². The molecule has 0 aliphatic heterocycles. The van der Waals surface area contributed by atoms with Crippen molar-refractivity contribution >= 4 is 5.97 Å². The normalized spacial score (nSPS) is 12.8. The average Bonchev–Trinajstić information content (AvgIpc) is 2.59. The van der Waals surface area contributed by atoms with Gasteiger partial charge in [0.1, 0.15) is 5.69 Å². The predicted octanol–water partition coefficient (Wildman–Crippen LogP) is 0.566. The molecule has 1 heterocycles. The van der Waals surface area contributed by atoms with E-state index in [0.29, 0.717) is 4.68 Å². The number of rotatable bonds is 4. The molecular weight excluding hydrogens is 229 g/mol. The molecule has 16 heavy (non-hydrogen) atoms. The molecule has 5 nitrogen and oxygen atoms in total. The first-order valence-corrected chi connectivity index (χ1v) is 4.26. The summed E-state index contributed by atoms with van der Waals surface area (Å²) in [5, 5.41) is 2.17. The van der Waals surface area contributed by atoms with Crippen LogP contribution in [0.5, 0.6) is 0 Å². The smallest absolute Gasteiger partial charge is 0.356 e. The van der Waals surface area contributed by atoms with Crippen molar-refractivity contribution in [2.24, 2.45) is 0 Å². The standard InChI is InChI=1S/C8H9F3N2O3/c1-16-8(15)5-2-6(14)13(12-5)3-4(9)7(10)11/h2,4,7,12H,3H2,1H3. The lowest BCUT2D eigenvalue weighted by molar-refractivity contribution is 0.0380. The summed E-state index contributed by atoms with van der Waals surface area (Å²) in [7, 11) is 1.09. The minimum absolute atomic E-state index is 0.214. The highest BCUT2D eigenvalue weighted by Crippen LogP contribution is 2.06. The molecule has 0 saturated heterocycles. The van der Waals surface area contributed by atoms with E-state index in [1.807, 2.05) is 0 Å². The van der Waals surface area contributed by atoms with Crippen LogP contribution in [0.4, 0.5) is 13.2 Å². The Bertz CT molecular complexity index is 426. The van der Waals surface area contributed by atoms with E-state index in [1.165, 1.54) is 0 Å². The Labute approximate surface area is 87.8 Å². The zero-order valence-corrected chi connectivity index (χ0v) is 8.25. The van der Waals surface area contributed by atoms with Crippen LogP contribution in [0.3, 0.4) is 0 Å². The maximum Gasteiger partial charge on any atom is 0.356 e. The molecule has 0 aromatic carbocycles. The van der Waals surface area contributed by atoms with Gasteiger partial charge in [0.15, 0.2) is 6.17 Å². The molecule has 1 N–H and O–H groups in total. The number of hydrogen-bond acceptors (Lipinski definition) is 3. The fourth-order valence-electron chi connectivity index (χ4n) is 1.04. The number of esters is 1. The van der Waals surface area contributed by atoms with Crippen molar-refractivity contribution in [2.45, 2.75) is 19.1 Å². The third-order valence-corrected chi connectivity index (χ3v) is 1.82. The molecule has 0 radical (unpaired) electrons. The number of aromatic amines is 1. The zero-order valence-electron chi connectivity index (χ0n) is 8.25. The maximum absolute atomic E-state index is 12.6. The fraction of sp³-hybridized carbons (Fsp3) is 0.500. The number of H-pyrrole nitrogens is 1. The highest BCUT2D eigenvalue weighted by molar-refractivity contribution is 5.86. The van der Waals surface area contributed by atoms with E-state index < -0.39 is 30.7 Å². The van der Waals surface area contributed by atoms with Crippen molar-refractivity contribution in [3.8, 4) is 0 Å². The molecule has 90 valence electrons. The van der Waals surface area contributed by atoms with Gasteiger partial charge in [-0.15, -0.1) is 0 Å². The maximum atomic E-state index is 12.6. The molecule has 1 unspecified atom stereocenters. The quantitative estimate of drug-likeness (QED) is 0.780. The van der Waals surface area contributed by atoms with Crippen molar-refractivity contribution in [1.29, 1.82) is 0 Å². The van der Waals surface area contributed by atoms with E-state index in [4.69, 9.17) is 0 Å².